The van der Waals surface area contributed by atoms with Gasteiger partial charge in [0, 0.05) is 10.9 Å². The van der Waals surface area contributed by atoms with E-state index in [1.807, 2.05) is 0 Å². The van der Waals surface area contributed by atoms with E-state index in [4.69, 9.17) is 0 Å². The summed E-state index contributed by atoms with van der Waals surface area (Å²) in [4.78, 5) is 10.7. The lowest BCUT2D eigenvalue weighted by atomic mass is 10.1. The molecule has 0 saturated carbocycles. The second kappa shape index (κ2) is 5.08. The fourth-order valence-electron chi connectivity index (χ4n) is 0.656. The number of carbonyl (C=O) groups excluding carboxylic acids is 1. The molecule has 0 amide bonds. The quantitative estimate of drug-likeness (QED) is 0.659. The molecular formula is C9H11BrO. The number of rotatable bonds is 4. The second-order valence-electron chi connectivity index (χ2n) is 2.21. The number of halogens is 1. The van der Waals surface area contributed by atoms with Crippen molar-refractivity contribution < 1.29 is 4.79 Å². The Morgan fingerprint density at radius 3 is 2.45 bits per heavy atom. The largest absolute Gasteiger partial charge is 0.300 e. The van der Waals surface area contributed by atoms with E-state index < -0.39 is 0 Å². The number of hydrogen-bond acceptors (Lipinski definition) is 1. The third-order valence-corrected chi connectivity index (χ3v) is 1.62. The first-order valence-corrected chi connectivity index (χ1v) is 4.03. The van der Waals surface area contributed by atoms with Gasteiger partial charge < -0.3 is 0 Å². The van der Waals surface area contributed by atoms with Crippen molar-refractivity contribution in [3.8, 4) is 0 Å². The molecule has 0 radical (unpaired) electrons. The predicted octanol–water partition coefficient (Wildman–Crippen LogP) is 2.99. The van der Waals surface area contributed by atoms with Gasteiger partial charge in [-0.15, -0.1) is 0 Å². The van der Waals surface area contributed by atoms with Crippen LogP contribution in [0.5, 0.6) is 0 Å². The average Bonchev–Trinajstić information content (AvgIpc) is 1.86. The zero-order valence-electron chi connectivity index (χ0n) is 6.56. The van der Waals surface area contributed by atoms with Gasteiger partial charge in [0.2, 0.25) is 0 Å². The van der Waals surface area contributed by atoms with Gasteiger partial charge in [-0.05, 0) is 12.5 Å². The first-order valence-electron chi connectivity index (χ1n) is 3.23. The van der Waals surface area contributed by atoms with E-state index in [0.717, 1.165) is 10.1 Å². The Bertz CT molecular complexity index is 214. The van der Waals surface area contributed by atoms with E-state index in [1.54, 1.807) is 19.1 Å². The Kier molecular flexibility index (Phi) is 4.79. The summed E-state index contributed by atoms with van der Waals surface area (Å²) in [5.74, 6) is 0.124. The molecule has 0 aromatic heterocycles. The number of allylic oxidation sites excluding steroid dienone is 4. The number of hydrogen-bond donors (Lipinski definition) is 0. The van der Waals surface area contributed by atoms with Crippen molar-refractivity contribution in [1.82, 2.24) is 0 Å². The topological polar surface area (TPSA) is 17.1 Å². The SMILES string of the molecule is C=C/C=C(/CC(C)=O)C(=C)Br. The summed E-state index contributed by atoms with van der Waals surface area (Å²) in [5, 5.41) is 0. The van der Waals surface area contributed by atoms with Crippen LogP contribution in [0.15, 0.2) is 35.4 Å². The minimum Gasteiger partial charge on any atom is -0.300 e. The molecule has 60 valence electrons. The maximum atomic E-state index is 10.7. The number of Topliss-reactive ketones (excluding diaryl/α,β-unsaturated/α-hetero) is 1. The van der Waals surface area contributed by atoms with Gasteiger partial charge in [0.15, 0.2) is 0 Å². The molecule has 0 atom stereocenters. The highest BCUT2D eigenvalue weighted by Crippen LogP contribution is 2.18. The first kappa shape index (κ1) is 10.4. The molecule has 0 rings (SSSR count). The van der Waals surface area contributed by atoms with Crippen LogP contribution in [0.1, 0.15) is 13.3 Å². The van der Waals surface area contributed by atoms with Crippen molar-refractivity contribution in [2.45, 2.75) is 13.3 Å². The van der Waals surface area contributed by atoms with Crippen LogP contribution in [0.3, 0.4) is 0 Å². The molecule has 1 nitrogen and oxygen atoms in total. The molecule has 0 unspecified atom stereocenters. The van der Waals surface area contributed by atoms with Crippen molar-refractivity contribution in [1.29, 1.82) is 0 Å². The Balaban J connectivity index is 4.35. The molecule has 0 aromatic rings. The molecule has 2 heteroatoms. The minimum atomic E-state index is 0.124. The van der Waals surface area contributed by atoms with Gasteiger partial charge in [-0.25, -0.2) is 0 Å². The smallest absolute Gasteiger partial charge is 0.134 e. The van der Waals surface area contributed by atoms with Gasteiger partial charge in [0.1, 0.15) is 5.78 Å². The summed E-state index contributed by atoms with van der Waals surface area (Å²) in [5.41, 5.74) is 0.882. The molecular weight excluding hydrogens is 204 g/mol. The lowest BCUT2D eigenvalue weighted by molar-refractivity contribution is -0.116. The highest BCUT2D eigenvalue weighted by Gasteiger charge is 2.01. The van der Waals surface area contributed by atoms with Crippen LogP contribution in [-0.4, -0.2) is 5.78 Å². The third kappa shape index (κ3) is 4.73. The maximum Gasteiger partial charge on any atom is 0.134 e. The summed E-state index contributed by atoms with van der Waals surface area (Å²) < 4.78 is 0.743. The lowest BCUT2D eigenvalue weighted by Crippen LogP contribution is -1.92. The van der Waals surface area contributed by atoms with Gasteiger partial charge in [0.05, 0.1) is 0 Å². The standard InChI is InChI=1S/C9H11BrO/c1-4-5-9(8(3)10)6-7(2)11/h4-5H,1,3,6H2,2H3/b9-5-. The number of ketones is 1. The van der Waals surface area contributed by atoms with E-state index in [-0.39, 0.29) is 5.78 Å². The van der Waals surface area contributed by atoms with Crippen molar-refractivity contribution >= 4 is 21.7 Å². The molecule has 0 bridgehead atoms. The first-order chi connectivity index (χ1) is 5.07. The van der Waals surface area contributed by atoms with Crippen molar-refractivity contribution in [3.05, 3.63) is 35.4 Å². The van der Waals surface area contributed by atoms with Crippen LogP contribution in [0, 0.1) is 0 Å². The summed E-state index contributed by atoms with van der Waals surface area (Å²) >= 11 is 3.21. The van der Waals surface area contributed by atoms with Crippen molar-refractivity contribution in [2.75, 3.05) is 0 Å². The van der Waals surface area contributed by atoms with E-state index in [9.17, 15) is 4.79 Å². The maximum absolute atomic E-state index is 10.7. The van der Waals surface area contributed by atoms with E-state index in [0.29, 0.717) is 6.42 Å². The fourth-order valence-corrected chi connectivity index (χ4v) is 0.928. The van der Waals surface area contributed by atoms with Crippen LogP contribution < -0.4 is 0 Å². The Hall–Kier alpha value is -0.630. The molecule has 0 aliphatic carbocycles. The van der Waals surface area contributed by atoms with E-state index in [1.165, 1.54) is 0 Å². The number of carbonyl (C=O) groups is 1. The normalized spacial score (nSPS) is 10.9. The van der Waals surface area contributed by atoms with Gasteiger partial charge in [-0.3, -0.25) is 4.79 Å². The van der Waals surface area contributed by atoms with E-state index in [2.05, 4.69) is 29.1 Å². The lowest BCUT2D eigenvalue weighted by Gasteiger charge is -1.99. The molecule has 0 fully saturated rings. The van der Waals surface area contributed by atoms with Crippen molar-refractivity contribution in [2.24, 2.45) is 0 Å². The monoisotopic (exact) mass is 214 g/mol. The third-order valence-electron chi connectivity index (χ3n) is 1.11. The van der Waals surface area contributed by atoms with Crippen LogP contribution >= 0.6 is 15.9 Å². The molecule has 0 aromatic carbocycles. The van der Waals surface area contributed by atoms with Crippen LogP contribution in [-0.2, 0) is 4.79 Å². The molecule has 0 saturated heterocycles. The Morgan fingerprint density at radius 1 is 1.64 bits per heavy atom. The highest BCUT2D eigenvalue weighted by atomic mass is 79.9. The van der Waals surface area contributed by atoms with Gasteiger partial charge in [0.25, 0.3) is 0 Å². The fraction of sp³-hybridized carbons (Fsp3) is 0.222. The molecule has 0 heterocycles. The Morgan fingerprint density at radius 2 is 2.18 bits per heavy atom. The van der Waals surface area contributed by atoms with E-state index >= 15 is 0 Å². The minimum absolute atomic E-state index is 0.124. The van der Waals surface area contributed by atoms with Crippen LogP contribution in [0.2, 0.25) is 0 Å². The zero-order valence-corrected chi connectivity index (χ0v) is 8.15. The van der Waals surface area contributed by atoms with Crippen LogP contribution in [0.25, 0.3) is 0 Å². The molecule has 0 N–H and O–H groups in total. The Labute approximate surface area is 75.6 Å². The predicted molar refractivity (Wildman–Crippen MR) is 51.6 cm³/mol. The molecule has 0 spiro atoms. The zero-order chi connectivity index (χ0) is 8.85. The van der Waals surface area contributed by atoms with Crippen LogP contribution in [0.4, 0.5) is 0 Å². The summed E-state index contributed by atoms with van der Waals surface area (Å²) in [6.45, 7) is 8.76. The van der Waals surface area contributed by atoms with Gasteiger partial charge in [-0.2, -0.15) is 0 Å². The molecule has 0 aliphatic heterocycles. The summed E-state index contributed by atoms with van der Waals surface area (Å²) in [7, 11) is 0. The van der Waals surface area contributed by atoms with Crippen molar-refractivity contribution in [3.63, 3.8) is 0 Å². The average molecular weight is 215 g/mol. The van der Waals surface area contributed by atoms with Gasteiger partial charge in [-0.1, -0.05) is 41.2 Å². The van der Waals surface area contributed by atoms with Gasteiger partial charge >= 0.3 is 0 Å². The molecule has 11 heavy (non-hydrogen) atoms. The highest BCUT2D eigenvalue weighted by molar-refractivity contribution is 9.11. The summed E-state index contributed by atoms with van der Waals surface area (Å²) in [6.07, 6.45) is 3.83. The second-order valence-corrected chi connectivity index (χ2v) is 3.17. The summed E-state index contributed by atoms with van der Waals surface area (Å²) in [6, 6.07) is 0. The molecule has 0 aliphatic rings.